The molecule has 0 bridgehead atoms. The molecule has 0 aliphatic carbocycles. The van der Waals surface area contributed by atoms with Crippen molar-refractivity contribution in [2.75, 3.05) is 7.11 Å². The van der Waals surface area contributed by atoms with Gasteiger partial charge in [0, 0.05) is 13.1 Å². The number of pyridine rings is 2. The Labute approximate surface area is 235 Å². The summed E-state index contributed by atoms with van der Waals surface area (Å²) < 4.78 is 8.37. The molecule has 6 aromatic rings. The van der Waals surface area contributed by atoms with Crippen molar-refractivity contribution in [3.05, 3.63) is 120 Å². The van der Waals surface area contributed by atoms with Crippen molar-refractivity contribution >= 4 is 34.0 Å². The first-order chi connectivity index (χ1) is 20.0. The fourth-order valence-corrected chi connectivity index (χ4v) is 4.32. The minimum absolute atomic E-state index is 0.0418. The predicted molar refractivity (Wildman–Crippen MR) is 154 cm³/mol. The zero-order valence-electron chi connectivity index (χ0n) is 22.4. The van der Waals surface area contributed by atoms with Crippen LogP contribution in [0, 0.1) is 0 Å². The molecule has 4 aromatic heterocycles. The number of rotatable bonds is 8. The zero-order valence-corrected chi connectivity index (χ0v) is 22.4. The summed E-state index contributed by atoms with van der Waals surface area (Å²) in [5.74, 6) is -1.46. The first-order valence-electron chi connectivity index (χ1n) is 13.1. The van der Waals surface area contributed by atoms with Crippen molar-refractivity contribution in [2.45, 2.75) is 25.9 Å². The minimum atomic E-state index is -1.02. The van der Waals surface area contributed by atoms with Gasteiger partial charge in [-0.3, -0.25) is 9.36 Å². The Morgan fingerprint density at radius 3 is 2.05 bits per heavy atom. The number of carboxylic acids is 1. The van der Waals surface area contributed by atoms with Gasteiger partial charge in [0.15, 0.2) is 0 Å². The molecule has 10 heteroatoms. The van der Waals surface area contributed by atoms with E-state index in [1.165, 1.54) is 24.3 Å². The van der Waals surface area contributed by atoms with Crippen molar-refractivity contribution < 1.29 is 19.4 Å². The lowest BCUT2D eigenvalue weighted by Gasteiger charge is -2.04. The van der Waals surface area contributed by atoms with E-state index < -0.39 is 11.9 Å². The lowest BCUT2D eigenvalue weighted by Crippen LogP contribution is -2.05. The first kappa shape index (κ1) is 27.2. The third kappa shape index (κ3) is 6.80. The Balaban J connectivity index is 0.000000165. The second-order valence-corrected chi connectivity index (χ2v) is 9.23. The summed E-state index contributed by atoms with van der Waals surface area (Å²) >= 11 is 0. The van der Waals surface area contributed by atoms with Gasteiger partial charge in [-0.15, -0.1) is 0 Å². The number of ether oxygens (including phenoxy) is 1. The number of hydrogen-bond donors (Lipinski definition) is 1. The molecule has 0 aliphatic heterocycles. The number of carbonyl (C=O) groups excluding carboxylic acids is 1. The number of benzene rings is 2. The molecule has 0 spiro atoms. The number of aryl methyl sites for hydroxylation is 4. The molecule has 0 fully saturated rings. The highest BCUT2D eigenvalue weighted by molar-refractivity contribution is 5.90. The number of hydrogen-bond acceptors (Lipinski definition) is 7. The quantitative estimate of drug-likeness (QED) is 0.268. The van der Waals surface area contributed by atoms with Crippen LogP contribution in [0.15, 0.2) is 97.3 Å². The molecule has 0 radical (unpaired) electrons. The van der Waals surface area contributed by atoms with Crippen LogP contribution in [0.25, 0.3) is 22.1 Å². The van der Waals surface area contributed by atoms with Crippen LogP contribution in [-0.2, 0) is 30.7 Å². The van der Waals surface area contributed by atoms with Gasteiger partial charge in [0.2, 0.25) is 0 Å². The van der Waals surface area contributed by atoms with Gasteiger partial charge >= 0.3 is 11.9 Å². The molecule has 0 amide bonds. The standard InChI is InChI=1S/C16H15N3O2.C15H13N3O2/c1-21-16(20)13-7-8-15-14(18-13)11-17-19(15)10-9-12-5-3-2-4-6-12;19-15(20)13-7-6-12-14(16-13)10-18(17-12)9-8-11-4-2-1-3-5-11/h2-8,11H,9-10H2,1H3;1-7,10H,8-9H2,(H,19,20). The van der Waals surface area contributed by atoms with Gasteiger partial charge in [-0.2, -0.15) is 10.2 Å². The van der Waals surface area contributed by atoms with Gasteiger partial charge in [0.1, 0.15) is 27.9 Å². The Bertz CT molecular complexity index is 1780. The second-order valence-electron chi connectivity index (χ2n) is 9.23. The molecular formula is C31H28N6O4. The van der Waals surface area contributed by atoms with Crippen LogP contribution in [0.3, 0.4) is 0 Å². The zero-order chi connectivity index (χ0) is 28.6. The van der Waals surface area contributed by atoms with E-state index in [1.807, 2.05) is 47.1 Å². The van der Waals surface area contributed by atoms with E-state index in [2.05, 4.69) is 49.2 Å². The highest BCUT2D eigenvalue weighted by atomic mass is 16.5. The molecule has 206 valence electrons. The average molecular weight is 549 g/mol. The van der Waals surface area contributed by atoms with Crippen LogP contribution >= 0.6 is 0 Å². The third-order valence-corrected chi connectivity index (χ3v) is 6.45. The van der Waals surface area contributed by atoms with E-state index in [0.717, 1.165) is 31.4 Å². The van der Waals surface area contributed by atoms with Gasteiger partial charge in [0.05, 0.1) is 25.0 Å². The molecule has 10 nitrogen and oxygen atoms in total. The molecule has 2 aromatic carbocycles. The maximum absolute atomic E-state index is 11.5. The Morgan fingerprint density at radius 2 is 1.39 bits per heavy atom. The number of methoxy groups -OCH3 is 1. The Morgan fingerprint density at radius 1 is 0.756 bits per heavy atom. The molecule has 6 rings (SSSR count). The largest absolute Gasteiger partial charge is 0.477 e. The van der Waals surface area contributed by atoms with Gasteiger partial charge in [-0.1, -0.05) is 60.7 Å². The topological polar surface area (TPSA) is 125 Å². The van der Waals surface area contributed by atoms with Crippen molar-refractivity contribution in [2.24, 2.45) is 0 Å². The molecule has 41 heavy (non-hydrogen) atoms. The summed E-state index contributed by atoms with van der Waals surface area (Å²) in [7, 11) is 1.34. The SMILES string of the molecule is COC(=O)c1ccc2c(cnn2CCc2ccccc2)n1.O=C(O)c1ccc2nn(CCc3ccccc3)cc2n1. The maximum Gasteiger partial charge on any atom is 0.356 e. The lowest BCUT2D eigenvalue weighted by atomic mass is 10.1. The van der Waals surface area contributed by atoms with Crippen molar-refractivity contribution in [3.63, 3.8) is 0 Å². The van der Waals surface area contributed by atoms with E-state index >= 15 is 0 Å². The van der Waals surface area contributed by atoms with Crippen LogP contribution < -0.4 is 0 Å². The maximum atomic E-state index is 11.5. The molecular weight excluding hydrogens is 520 g/mol. The van der Waals surface area contributed by atoms with E-state index in [0.29, 0.717) is 22.2 Å². The number of carboxylic acid groups (broad SMARTS) is 1. The van der Waals surface area contributed by atoms with E-state index in [4.69, 9.17) is 5.11 Å². The fraction of sp³-hybridized carbons (Fsp3) is 0.161. The van der Waals surface area contributed by atoms with Crippen LogP contribution in [0.5, 0.6) is 0 Å². The summed E-state index contributed by atoms with van der Waals surface area (Å²) in [6.45, 7) is 1.51. The van der Waals surface area contributed by atoms with Crippen molar-refractivity contribution in [3.8, 4) is 0 Å². The molecule has 0 unspecified atom stereocenters. The van der Waals surface area contributed by atoms with Gasteiger partial charge < -0.3 is 9.84 Å². The van der Waals surface area contributed by atoms with Crippen LogP contribution in [0.2, 0.25) is 0 Å². The molecule has 0 aliphatic rings. The van der Waals surface area contributed by atoms with E-state index in [9.17, 15) is 9.59 Å². The summed E-state index contributed by atoms with van der Waals surface area (Å²) in [6.07, 6.45) is 5.23. The summed E-state index contributed by atoms with van der Waals surface area (Å²) in [5.41, 5.74) is 5.78. The van der Waals surface area contributed by atoms with E-state index in [-0.39, 0.29) is 5.69 Å². The van der Waals surface area contributed by atoms with E-state index in [1.54, 1.807) is 29.2 Å². The molecule has 0 saturated heterocycles. The number of aromatic carboxylic acids is 1. The second kappa shape index (κ2) is 12.6. The normalized spacial score (nSPS) is 10.8. The molecule has 1 N–H and O–H groups in total. The fourth-order valence-electron chi connectivity index (χ4n) is 4.32. The molecule has 0 saturated carbocycles. The number of aromatic nitrogens is 6. The highest BCUT2D eigenvalue weighted by Gasteiger charge is 2.11. The number of fused-ring (bicyclic) bond motifs is 2. The average Bonchev–Trinajstić information content (AvgIpc) is 3.62. The smallest absolute Gasteiger partial charge is 0.356 e. The highest BCUT2D eigenvalue weighted by Crippen LogP contribution is 2.14. The lowest BCUT2D eigenvalue weighted by molar-refractivity contribution is 0.0593. The summed E-state index contributed by atoms with van der Waals surface area (Å²) in [5, 5.41) is 17.6. The number of nitrogens with zero attached hydrogens (tertiary/aromatic N) is 6. The van der Waals surface area contributed by atoms with Crippen LogP contribution in [-0.4, -0.2) is 53.7 Å². The number of carbonyl (C=O) groups is 2. The molecule has 4 heterocycles. The van der Waals surface area contributed by atoms with Crippen LogP contribution in [0.1, 0.15) is 32.1 Å². The monoisotopic (exact) mass is 548 g/mol. The summed E-state index contributed by atoms with van der Waals surface area (Å²) in [4.78, 5) is 30.7. The Kier molecular flexibility index (Phi) is 8.39. The van der Waals surface area contributed by atoms with Crippen LogP contribution in [0.4, 0.5) is 0 Å². The third-order valence-electron chi connectivity index (χ3n) is 6.45. The van der Waals surface area contributed by atoms with Crippen molar-refractivity contribution in [1.29, 1.82) is 0 Å². The first-order valence-corrected chi connectivity index (χ1v) is 13.1. The van der Waals surface area contributed by atoms with Gasteiger partial charge in [-0.05, 0) is 48.2 Å². The minimum Gasteiger partial charge on any atom is -0.477 e. The molecule has 0 atom stereocenters. The number of esters is 1. The van der Waals surface area contributed by atoms with Gasteiger partial charge in [-0.25, -0.2) is 19.6 Å². The predicted octanol–water partition coefficient (Wildman–Crippen LogP) is 4.83. The van der Waals surface area contributed by atoms with Gasteiger partial charge in [0.25, 0.3) is 0 Å². The Hall–Kier alpha value is -5.38. The van der Waals surface area contributed by atoms with Crippen molar-refractivity contribution in [1.82, 2.24) is 29.5 Å². The summed E-state index contributed by atoms with van der Waals surface area (Å²) in [6, 6.07) is 27.1.